The third kappa shape index (κ3) is 4.43. The predicted octanol–water partition coefficient (Wildman–Crippen LogP) is 5.12. The molecular weight excluding hydrogens is 334 g/mol. The van der Waals surface area contributed by atoms with Gasteiger partial charge in [0.05, 0.1) is 12.6 Å². The van der Waals surface area contributed by atoms with Gasteiger partial charge in [-0.3, -0.25) is 4.79 Å². The normalized spacial score (nSPS) is 16.6. The summed E-state index contributed by atoms with van der Waals surface area (Å²) >= 11 is 6.07. The van der Waals surface area contributed by atoms with Gasteiger partial charge in [-0.05, 0) is 41.3 Å². The van der Waals surface area contributed by atoms with Crippen LogP contribution in [-0.4, -0.2) is 12.5 Å². The molecule has 0 bridgehead atoms. The minimum atomic E-state index is -0.120. The van der Waals surface area contributed by atoms with Gasteiger partial charge < -0.3 is 10.1 Å². The number of rotatable bonds is 4. The van der Waals surface area contributed by atoms with Gasteiger partial charge in [-0.25, -0.2) is 0 Å². The third-order valence-electron chi connectivity index (χ3n) is 4.36. The van der Waals surface area contributed by atoms with Crippen molar-refractivity contribution in [2.45, 2.75) is 32.2 Å². The summed E-state index contributed by atoms with van der Waals surface area (Å²) in [5, 5.41) is 3.68. The maximum Gasteiger partial charge on any atom is 0.244 e. The van der Waals surface area contributed by atoms with Gasteiger partial charge in [-0.1, -0.05) is 49.7 Å². The van der Waals surface area contributed by atoms with Crippen LogP contribution in [0.4, 0.5) is 0 Å². The molecule has 130 valence electrons. The van der Waals surface area contributed by atoms with Crippen LogP contribution < -0.4 is 10.1 Å². The van der Waals surface area contributed by atoms with E-state index in [2.05, 4.69) is 31.3 Å². The first kappa shape index (κ1) is 17.6. The molecule has 3 rings (SSSR count). The van der Waals surface area contributed by atoms with Gasteiger partial charge >= 0.3 is 0 Å². The van der Waals surface area contributed by atoms with Crippen molar-refractivity contribution in [1.29, 1.82) is 0 Å². The van der Waals surface area contributed by atoms with Gasteiger partial charge in [0.25, 0.3) is 0 Å². The molecule has 1 aliphatic rings. The summed E-state index contributed by atoms with van der Waals surface area (Å²) in [6.07, 6.45) is 4.14. The van der Waals surface area contributed by atoms with E-state index in [1.54, 1.807) is 12.1 Å². The molecule has 1 atom stereocenters. The zero-order chi connectivity index (χ0) is 17.8. The third-order valence-corrected chi connectivity index (χ3v) is 4.59. The molecule has 2 aromatic carbocycles. The van der Waals surface area contributed by atoms with Gasteiger partial charge in [-0.2, -0.15) is 0 Å². The number of nitrogens with one attached hydrogen (secondary N) is 1. The van der Waals surface area contributed by atoms with E-state index < -0.39 is 0 Å². The second-order valence-corrected chi connectivity index (χ2v) is 6.97. The molecule has 0 aromatic heterocycles. The highest BCUT2D eigenvalue weighted by Gasteiger charge is 2.22. The van der Waals surface area contributed by atoms with Crippen LogP contribution in [0.2, 0.25) is 5.02 Å². The van der Waals surface area contributed by atoms with E-state index in [0.29, 0.717) is 17.5 Å². The molecule has 4 heteroatoms. The van der Waals surface area contributed by atoms with E-state index in [9.17, 15) is 4.79 Å². The van der Waals surface area contributed by atoms with Gasteiger partial charge in [0.2, 0.25) is 5.91 Å². The molecule has 0 saturated heterocycles. The molecule has 0 saturated carbocycles. The molecule has 3 nitrogen and oxygen atoms in total. The Balaban J connectivity index is 1.66. The summed E-state index contributed by atoms with van der Waals surface area (Å²) in [6, 6.07) is 13.7. The van der Waals surface area contributed by atoms with Crippen LogP contribution in [-0.2, 0) is 4.79 Å². The number of carbonyl (C=O) groups is 1. The topological polar surface area (TPSA) is 38.3 Å². The SMILES string of the molecule is CC(C)c1ccc(/C=C/C(=O)NC2CCOc3ccc(Cl)cc32)cc1. The highest BCUT2D eigenvalue weighted by molar-refractivity contribution is 6.30. The molecule has 1 aliphatic heterocycles. The van der Waals surface area contributed by atoms with E-state index in [1.807, 2.05) is 30.3 Å². The van der Waals surface area contributed by atoms with Crippen molar-refractivity contribution in [1.82, 2.24) is 5.32 Å². The fourth-order valence-electron chi connectivity index (χ4n) is 2.90. The highest BCUT2D eigenvalue weighted by atomic mass is 35.5. The average molecular weight is 356 g/mol. The molecular formula is C21H22ClNO2. The van der Waals surface area contributed by atoms with Gasteiger partial charge in [0.15, 0.2) is 0 Å². The number of hydrogen-bond donors (Lipinski definition) is 1. The van der Waals surface area contributed by atoms with Crippen molar-refractivity contribution in [3.05, 3.63) is 70.3 Å². The molecule has 1 amide bonds. The average Bonchev–Trinajstić information content (AvgIpc) is 2.61. The fourth-order valence-corrected chi connectivity index (χ4v) is 3.08. The minimum absolute atomic E-state index is 0.0806. The van der Waals surface area contributed by atoms with E-state index in [1.165, 1.54) is 5.56 Å². The first-order valence-corrected chi connectivity index (χ1v) is 8.91. The van der Waals surface area contributed by atoms with E-state index >= 15 is 0 Å². The van der Waals surface area contributed by atoms with Crippen LogP contribution in [0.5, 0.6) is 5.75 Å². The first-order chi connectivity index (χ1) is 12.0. The van der Waals surface area contributed by atoms with Crippen LogP contribution in [0.1, 0.15) is 48.9 Å². The molecule has 0 radical (unpaired) electrons. The Morgan fingerprint density at radius 2 is 2.00 bits per heavy atom. The molecule has 1 unspecified atom stereocenters. The van der Waals surface area contributed by atoms with Crippen molar-refractivity contribution in [3.8, 4) is 5.75 Å². The number of amides is 1. The number of hydrogen-bond acceptors (Lipinski definition) is 2. The predicted molar refractivity (Wildman–Crippen MR) is 102 cm³/mol. The van der Waals surface area contributed by atoms with Crippen LogP contribution in [0.25, 0.3) is 6.08 Å². The van der Waals surface area contributed by atoms with Crippen LogP contribution >= 0.6 is 11.6 Å². The smallest absolute Gasteiger partial charge is 0.244 e. The summed E-state index contributed by atoms with van der Waals surface area (Å²) in [5.74, 6) is 1.17. The number of benzene rings is 2. The summed E-state index contributed by atoms with van der Waals surface area (Å²) in [7, 11) is 0. The van der Waals surface area contributed by atoms with Crippen molar-refractivity contribution < 1.29 is 9.53 Å². The number of ether oxygens (including phenoxy) is 1. The fraction of sp³-hybridized carbons (Fsp3) is 0.286. The van der Waals surface area contributed by atoms with E-state index in [4.69, 9.17) is 16.3 Å². The minimum Gasteiger partial charge on any atom is -0.493 e. The largest absolute Gasteiger partial charge is 0.493 e. The van der Waals surface area contributed by atoms with E-state index in [0.717, 1.165) is 23.3 Å². The summed E-state index contributed by atoms with van der Waals surface area (Å²) in [5.41, 5.74) is 3.23. The standard InChI is InChI=1S/C21H22ClNO2/c1-14(2)16-6-3-15(4-7-16)5-10-21(24)23-19-11-12-25-20-9-8-17(22)13-18(19)20/h3-10,13-14,19H,11-12H2,1-2H3,(H,23,24)/b10-5+. The van der Waals surface area contributed by atoms with Crippen molar-refractivity contribution >= 4 is 23.6 Å². The lowest BCUT2D eigenvalue weighted by Gasteiger charge is -2.26. The molecule has 2 aromatic rings. The lowest BCUT2D eigenvalue weighted by atomic mass is 10.0. The van der Waals surface area contributed by atoms with Crippen LogP contribution in [0.3, 0.4) is 0 Å². The number of halogens is 1. The van der Waals surface area contributed by atoms with Gasteiger partial charge in [-0.15, -0.1) is 0 Å². The monoisotopic (exact) mass is 355 g/mol. The molecule has 1 N–H and O–H groups in total. The zero-order valence-electron chi connectivity index (χ0n) is 14.5. The van der Waals surface area contributed by atoms with Crippen LogP contribution in [0.15, 0.2) is 48.5 Å². The quantitative estimate of drug-likeness (QED) is 0.773. The summed E-state index contributed by atoms with van der Waals surface area (Å²) in [6.45, 7) is 4.91. The molecule has 25 heavy (non-hydrogen) atoms. The van der Waals surface area contributed by atoms with Crippen molar-refractivity contribution in [3.63, 3.8) is 0 Å². The van der Waals surface area contributed by atoms with Crippen molar-refractivity contribution in [2.24, 2.45) is 0 Å². The summed E-state index contributed by atoms with van der Waals surface area (Å²) in [4.78, 5) is 12.3. The Morgan fingerprint density at radius 3 is 2.72 bits per heavy atom. The molecule has 1 heterocycles. The summed E-state index contributed by atoms with van der Waals surface area (Å²) < 4.78 is 5.62. The van der Waals surface area contributed by atoms with Crippen LogP contribution in [0, 0.1) is 0 Å². The Labute approximate surface area is 153 Å². The Bertz CT molecular complexity index is 781. The highest BCUT2D eigenvalue weighted by Crippen LogP contribution is 2.33. The Kier molecular flexibility index (Phi) is 5.44. The van der Waals surface area contributed by atoms with Gasteiger partial charge in [0.1, 0.15) is 5.75 Å². The second-order valence-electron chi connectivity index (χ2n) is 6.54. The van der Waals surface area contributed by atoms with Crippen molar-refractivity contribution in [2.75, 3.05) is 6.61 Å². The molecule has 0 spiro atoms. The number of carbonyl (C=O) groups excluding carboxylic acids is 1. The lowest BCUT2D eigenvalue weighted by molar-refractivity contribution is -0.117. The Hall–Kier alpha value is -2.26. The van der Waals surface area contributed by atoms with E-state index in [-0.39, 0.29) is 11.9 Å². The second kappa shape index (κ2) is 7.75. The lowest BCUT2D eigenvalue weighted by Crippen LogP contribution is -2.30. The zero-order valence-corrected chi connectivity index (χ0v) is 15.2. The maximum atomic E-state index is 12.3. The first-order valence-electron chi connectivity index (χ1n) is 8.53. The number of fused-ring (bicyclic) bond motifs is 1. The Morgan fingerprint density at radius 1 is 1.24 bits per heavy atom. The molecule has 0 aliphatic carbocycles. The molecule has 0 fully saturated rings. The maximum absolute atomic E-state index is 12.3. The van der Waals surface area contributed by atoms with Gasteiger partial charge in [0, 0.05) is 23.1 Å².